The zero-order chi connectivity index (χ0) is 22.7. The van der Waals surface area contributed by atoms with Crippen LogP contribution in [0.4, 0.5) is 5.69 Å². The summed E-state index contributed by atoms with van der Waals surface area (Å²) in [6, 6.07) is 7.31. The van der Waals surface area contributed by atoms with Crippen molar-refractivity contribution in [3.8, 4) is 0 Å². The highest BCUT2D eigenvalue weighted by Crippen LogP contribution is 2.40. The molecule has 5 nitrogen and oxygen atoms in total. The van der Waals surface area contributed by atoms with Gasteiger partial charge in [-0.15, -0.1) is 0 Å². The molecule has 1 aromatic heterocycles. The minimum Gasteiger partial charge on any atom is -0.456 e. The fourth-order valence-corrected chi connectivity index (χ4v) is 10.7. The van der Waals surface area contributed by atoms with Crippen molar-refractivity contribution in [3.05, 3.63) is 41.8 Å². The number of carbonyl (C=O) groups excluding carboxylic acids is 1. The van der Waals surface area contributed by atoms with Gasteiger partial charge in [-0.2, -0.15) is 0 Å². The normalized spacial score (nSPS) is 12.7. The number of ether oxygens (including phenoxy) is 1. The van der Waals surface area contributed by atoms with E-state index in [0.29, 0.717) is 28.7 Å². The SMILES string of the molecule is CC(C)[Si](c1ncc(CNc2ccc(C(=O)OC(C)(C)C)cc2)o1)(C(C)C)C(C)C. The third-order valence-corrected chi connectivity index (χ3v) is 12.5. The predicted molar refractivity (Wildman–Crippen MR) is 126 cm³/mol. The number of aromatic nitrogens is 1. The number of nitrogens with zero attached hydrogens (tertiary/aromatic N) is 1. The molecule has 2 aromatic rings. The molecule has 0 spiro atoms. The number of benzene rings is 1. The summed E-state index contributed by atoms with van der Waals surface area (Å²) in [4.78, 5) is 16.9. The van der Waals surface area contributed by atoms with Crippen LogP contribution in [0, 0.1) is 0 Å². The van der Waals surface area contributed by atoms with Gasteiger partial charge in [-0.05, 0) is 61.7 Å². The molecule has 6 heteroatoms. The highest BCUT2D eigenvalue weighted by atomic mass is 28.3. The van der Waals surface area contributed by atoms with E-state index in [2.05, 4.69) is 46.9 Å². The van der Waals surface area contributed by atoms with E-state index in [1.165, 1.54) is 0 Å². The van der Waals surface area contributed by atoms with Crippen LogP contribution in [0.15, 0.2) is 34.9 Å². The van der Waals surface area contributed by atoms with Crippen molar-refractivity contribution in [2.24, 2.45) is 0 Å². The Kier molecular flexibility index (Phi) is 7.56. The second-order valence-corrected chi connectivity index (χ2v) is 15.7. The van der Waals surface area contributed by atoms with E-state index in [4.69, 9.17) is 14.1 Å². The first kappa shape index (κ1) is 24.2. The zero-order valence-electron chi connectivity index (χ0n) is 20.0. The molecule has 1 N–H and O–H groups in total. The summed E-state index contributed by atoms with van der Waals surface area (Å²) < 4.78 is 11.7. The van der Waals surface area contributed by atoms with Gasteiger partial charge in [-0.3, -0.25) is 0 Å². The molecule has 0 unspecified atom stereocenters. The van der Waals surface area contributed by atoms with E-state index in [1.54, 1.807) is 12.1 Å². The summed E-state index contributed by atoms with van der Waals surface area (Å²) in [7, 11) is -1.89. The Balaban J connectivity index is 2.09. The number of oxazole rings is 1. The molecule has 0 aliphatic rings. The Bertz CT molecular complexity index is 811. The molecular formula is C24H38N2O3Si. The Morgan fingerprint density at radius 3 is 2.03 bits per heavy atom. The van der Waals surface area contributed by atoms with Crippen molar-refractivity contribution in [2.75, 3.05) is 5.32 Å². The Hall–Kier alpha value is -2.08. The molecule has 0 saturated heterocycles. The van der Waals surface area contributed by atoms with E-state index in [0.717, 1.165) is 17.0 Å². The minimum absolute atomic E-state index is 0.314. The molecule has 166 valence electrons. The molecule has 0 atom stereocenters. The van der Waals surface area contributed by atoms with Crippen molar-refractivity contribution >= 4 is 25.2 Å². The van der Waals surface area contributed by atoms with Crippen LogP contribution in [-0.2, 0) is 11.3 Å². The van der Waals surface area contributed by atoms with Crippen molar-refractivity contribution < 1.29 is 13.9 Å². The van der Waals surface area contributed by atoms with Gasteiger partial charge in [0.2, 0.25) is 0 Å². The van der Waals surface area contributed by atoms with Gasteiger partial charge in [0.15, 0.2) is 13.6 Å². The Labute approximate surface area is 182 Å². The first-order chi connectivity index (χ1) is 13.9. The third-order valence-electron chi connectivity index (χ3n) is 5.78. The highest BCUT2D eigenvalue weighted by molar-refractivity contribution is 6.93. The predicted octanol–water partition coefficient (Wildman–Crippen LogP) is 6.13. The lowest BCUT2D eigenvalue weighted by Gasteiger charge is -2.39. The second-order valence-electron chi connectivity index (χ2n) is 9.96. The van der Waals surface area contributed by atoms with Crippen LogP contribution in [0.2, 0.25) is 16.6 Å². The Morgan fingerprint density at radius 2 is 1.57 bits per heavy atom. The van der Waals surface area contributed by atoms with E-state index in [9.17, 15) is 4.79 Å². The molecule has 0 aliphatic heterocycles. The van der Waals surface area contributed by atoms with Crippen molar-refractivity contribution in [2.45, 2.75) is 91.1 Å². The quantitative estimate of drug-likeness (QED) is 0.403. The lowest BCUT2D eigenvalue weighted by atomic mass is 10.1. The summed E-state index contributed by atoms with van der Waals surface area (Å²) in [6.07, 6.45) is 1.85. The third kappa shape index (κ3) is 5.34. The smallest absolute Gasteiger partial charge is 0.338 e. The van der Waals surface area contributed by atoms with Crippen LogP contribution < -0.4 is 10.8 Å². The summed E-state index contributed by atoms with van der Waals surface area (Å²) in [5.41, 5.74) is 3.57. The van der Waals surface area contributed by atoms with Crippen LogP contribution in [0.5, 0.6) is 0 Å². The monoisotopic (exact) mass is 430 g/mol. The molecule has 0 bridgehead atoms. The summed E-state index contributed by atoms with van der Waals surface area (Å²) in [5.74, 6) is 0.520. The number of hydrogen-bond donors (Lipinski definition) is 1. The lowest BCUT2D eigenvalue weighted by Crippen LogP contribution is -2.56. The van der Waals surface area contributed by atoms with Crippen LogP contribution in [-0.4, -0.2) is 24.6 Å². The van der Waals surface area contributed by atoms with Gasteiger partial charge < -0.3 is 14.5 Å². The van der Waals surface area contributed by atoms with Crippen LogP contribution in [0.1, 0.15) is 78.4 Å². The van der Waals surface area contributed by atoms with E-state index < -0.39 is 13.7 Å². The molecule has 0 amide bonds. The zero-order valence-corrected chi connectivity index (χ0v) is 21.0. The van der Waals surface area contributed by atoms with Crippen molar-refractivity contribution in [1.82, 2.24) is 4.98 Å². The molecule has 0 fully saturated rings. The molecule has 1 aromatic carbocycles. The topological polar surface area (TPSA) is 64.4 Å². The second kappa shape index (κ2) is 9.37. The first-order valence-electron chi connectivity index (χ1n) is 10.9. The molecule has 0 radical (unpaired) electrons. The number of anilines is 1. The largest absolute Gasteiger partial charge is 0.456 e. The number of rotatable bonds is 8. The lowest BCUT2D eigenvalue weighted by molar-refractivity contribution is 0.00695. The number of hydrogen-bond acceptors (Lipinski definition) is 5. The molecule has 2 rings (SSSR count). The van der Waals surface area contributed by atoms with Crippen LogP contribution in [0.3, 0.4) is 0 Å². The number of esters is 1. The maximum absolute atomic E-state index is 12.2. The Morgan fingerprint density at radius 1 is 1.03 bits per heavy atom. The first-order valence-corrected chi connectivity index (χ1v) is 13.1. The maximum Gasteiger partial charge on any atom is 0.338 e. The standard InChI is InChI=1S/C24H38N2O3Si/c1-16(2)30(17(3)4,18(5)6)23-26-15-21(28-23)14-25-20-12-10-19(11-13-20)22(27)29-24(7,8)9/h10-13,15-18,25H,14H2,1-9H3. The molecular weight excluding hydrogens is 392 g/mol. The average molecular weight is 431 g/mol. The van der Waals surface area contributed by atoms with Gasteiger partial charge in [0.05, 0.1) is 18.3 Å². The van der Waals surface area contributed by atoms with Gasteiger partial charge in [-0.25, -0.2) is 9.78 Å². The molecule has 0 saturated carbocycles. The number of carbonyl (C=O) groups is 1. The van der Waals surface area contributed by atoms with Crippen LogP contribution in [0.25, 0.3) is 0 Å². The summed E-state index contributed by atoms with van der Waals surface area (Å²) >= 11 is 0. The maximum atomic E-state index is 12.2. The fraction of sp³-hybridized carbons (Fsp3) is 0.583. The van der Waals surface area contributed by atoms with Gasteiger partial charge in [-0.1, -0.05) is 41.5 Å². The molecule has 1 heterocycles. The van der Waals surface area contributed by atoms with Gasteiger partial charge in [0.1, 0.15) is 11.4 Å². The van der Waals surface area contributed by atoms with Gasteiger partial charge in [0.25, 0.3) is 0 Å². The summed E-state index contributed by atoms with van der Waals surface area (Å²) in [6.45, 7) is 20.0. The number of nitrogens with one attached hydrogen (secondary N) is 1. The van der Waals surface area contributed by atoms with Gasteiger partial charge in [0, 0.05) is 5.69 Å². The minimum atomic E-state index is -1.89. The molecule has 30 heavy (non-hydrogen) atoms. The summed E-state index contributed by atoms with van der Waals surface area (Å²) in [5, 5.41) is 3.36. The highest BCUT2D eigenvalue weighted by Gasteiger charge is 2.48. The van der Waals surface area contributed by atoms with E-state index >= 15 is 0 Å². The molecule has 0 aliphatic carbocycles. The van der Waals surface area contributed by atoms with Crippen LogP contribution >= 0.6 is 0 Å². The van der Waals surface area contributed by atoms with E-state index in [1.807, 2.05) is 39.1 Å². The van der Waals surface area contributed by atoms with Gasteiger partial charge >= 0.3 is 5.97 Å². The fourth-order valence-electron chi connectivity index (χ4n) is 4.58. The van der Waals surface area contributed by atoms with E-state index in [-0.39, 0.29) is 5.97 Å². The van der Waals surface area contributed by atoms with Crippen molar-refractivity contribution in [1.29, 1.82) is 0 Å². The van der Waals surface area contributed by atoms with Crippen molar-refractivity contribution in [3.63, 3.8) is 0 Å². The average Bonchev–Trinajstić information content (AvgIpc) is 3.07.